The van der Waals surface area contributed by atoms with E-state index >= 15 is 0 Å². The summed E-state index contributed by atoms with van der Waals surface area (Å²) in [7, 11) is 1.67. The van der Waals surface area contributed by atoms with E-state index in [4.69, 9.17) is 10.5 Å². The van der Waals surface area contributed by atoms with Crippen molar-refractivity contribution in [2.24, 2.45) is 5.92 Å². The van der Waals surface area contributed by atoms with Gasteiger partial charge in [0.2, 0.25) is 5.95 Å². The highest BCUT2D eigenvalue weighted by atomic mass is 16.5. The molecule has 3 rings (SSSR count). The van der Waals surface area contributed by atoms with Crippen molar-refractivity contribution in [2.75, 3.05) is 24.8 Å². The van der Waals surface area contributed by atoms with Crippen molar-refractivity contribution in [2.45, 2.75) is 25.0 Å². The Morgan fingerprint density at radius 3 is 3.10 bits per heavy atom. The van der Waals surface area contributed by atoms with Crippen molar-refractivity contribution in [3.8, 4) is 0 Å². The number of aromatic nitrogens is 3. The normalized spacial score (nSPS) is 25.8. The standard InChI is InChI=1S/C14H19N5O2/c1-8(21-2)9-6-14(9,7-20)19-12-11-10(4-3-5-16-11)17-13(15)18-12/h3-5,8-9,20H,6-7H2,1-2H3,(H3,15,17,18,19)/t8?,9-,14-/m0/s1. The van der Waals surface area contributed by atoms with Gasteiger partial charge in [-0.05, 0) is 25.5 Å². The fourth-order valence-electron chi connectivity index (χ4n) is 2.79. The fourth-order valence-corrected chi connectivity index (χ4v) is 2.79. The zero-order valence-electron chi connectivity index (χ0n) is 12.1. The Labute approximate surface area is 122 Å². The number of aliphatic hydroxyl groups excluding tert-OH is 1. The Bertz CT molecular complexity index is 665. The van der Waals surface area contributed by atoms with Gasteiger partial charge in [0.1, 0.15) is 5.52 Å². The molecule has 3 atom stereocenters. The maximum atomic E-state index is 9.76. The number of hydrogen-bond donors (Lipinski definition) is 3. The molecule has 0 aliphatic heterocycles. The van der Waals surface area contributed by atoms with E-state index in [1.165, 1.54) is 0 Å². The molecule has 0 bridgehead atoms. The third kappa shape index (κ3) is 2.38. The summed E-state index contributed by atoms with van der Waals surface area (Å²) in [5.41, 5.74) is 6.65. The van der Waals surface area contributed by atoms with Crippen molar-refractivity contribution in [3.05, 3.63) is 18.3 Å². The molecule has 0 aromatic carbocycles. The Morgan fingerprint density at radius 1 is 1.57 bits per heavy atom. The first-order valence-electron chi connectivity index (χ1n) is 6.90. The van der Waals surface area contributed by atoms with E-state index in [9.17, 15) is 5.11 Å². The molecule has 2 heterocycles. The summed E-state index contributed by atoms with van der Waals surface area (Å²) in [5, 5.41) is 13.1. The van der Waals surface area contributed by atoms with Crippen molar-refractivity contribution in [1.29, 1.82) is 0 Å². The van der Waals surface area contributed by atoms with Crippen LogP contribution in [-0.4, -0.2) is 45.4 Å². The van der Waals surface area contributed by atoms with Crippen LogP contribution in [0.25, 0.3) is 11.0 Å². The summed E-state index contributed by atoms with van der Waals surface area (Å²) in [5.74, 6) is 0.962. The lowest BCUT2D eigenvalue weighted by molar-refractivity contribution is 0.0889. The lowest BCUT2D eigenvalue weighted by Crippen LogP contribution is -2.32. The molecule has 0 amide bonds. The van der Waals surface area contributed by atoms with Crippen LogP contribution in [-0.2, 0) is 4.74 Å². The quantitative estimate of drug-likeness (QED) is 0.747. The van der Waals surface area contributed by atoms with E-state index in [0.29, 0.717) is 16.9 Å². The Kier molecular flexibility index (Phi) is 3.38. The minimum absolute atomic E-state index is 0.00357. The number of fused-ring (bicyclic) bond motifs is 1. The number of aliphatic hydroxyl groups is 1. The van der Waals surface area contributed by atoms with Gasteiger partial charge in [0.15, 0.2) is 5.82 Å². The average Bonchev–Trinajstić information content (AvgIpc) is 3.21. The molecule has 0 spiro atoms. The molecule has 7 nitrogen and oxygen atoms in total. The Balaban J connectivity index is 1.95. The minimum atomic E-state index is -0.430. The second-order valence-electron chi connectivity index (χ2n) is 5.49. The molecule has 2 aromatic rings. The molecule has 112 valence electrons. The summed E-state index contributed by atoms with van der Waals surface area (Å²) in [6.45, 7) is 2.00. The number of nitrogens with one attached hydrogen (secondary N) is 1. The lowest BCUT2D eigenvalue weighted by Gasteiger charge is -2.20. The number of hydrogen-bond acceptors (Lipinski definition) is 7. The van der Waals surface area contributed by atoms with E-state index < -0.39 is 5.54 Å². The number of nitrogens with zero attached hydrogens (tertiary/aromatic N) is 3. The third-order valence-electron chi connectivity index (χ3n) is 4.19. The number of anilines is 2. The van der Waals surface area contributed by atoms with E-state index in [0.717, 1.165) is 6.42 Å². The van der Waals surface area contributed by atoms with Gasteiger partial charge < -0.3 is 20.9 Å². The number of methoxy groups -OCH3 is 1. The lowest BCUT2D eigenvalue weighted by atomic mass is 10.1. The van der Waals surface area contributed by atoms with Gasteiger partial charge in [-0.3, -0.25) is 4.98 Å². The minimum Gasteiger partial charge on any atom is -0.394 e. The number of nitrogens with two attached hydrogens (primary N) is 1. The van der Waals surface area contributed by atoms with Crippen LogP contribution >= 0.6 is 0 Å². The van der Waals surface area contributed by atoms with Crippen LogP contribution in [0, 0.1) is 5.92 Å². The molecular weight excluding hydrogens is 270 g/mol. The first-order chi connectivity index (χ1) is 10.1. The molecule has 4 N–H and O–H groups in total. The van der Waals surface area contributed by atoms with Gasteiger partial charge in [-0.25, -0.2) is 4.98 Å². The molecule has 0 saturated heterocycles. The molecule has 1 aliphatic carbocycles. The molecule has 21 heavy (non-hydrogen) atoms. The molecule has 2 aromatic heterocycles. The van der Waals surface area contributed by atoms with E-state index in [-0.39, 0.29) is 24.6 Å². The van der Waals surface area contributed by atoms with Crippen molar-refractivity contribution in [3.63, 3.8) is 0 Å². The maximum Gasteiger partial charge on any atom is 0.222 e. The highest BCUT2D eigenvalue weighted by Crippen LogP contribution is 2.48. The molecule has 1 fully saturated rings. The van der Waals surface area contributed by atoms with Crippen LogP contribution < -0.4 is 11.1 Å². The third-order valence-corrected chi connectivity index (χ3v) is 4.19. The molecule has 1 unspecified atom stereocenters. The molecule has 1 aliphatic rings. The fraction of sp³-hybridized carbons (Fsp3) is 0.500. The SMILES string of the molecule is COC(C)[C@@H]1C[C@@]1(CO)Nc1nc(N)nc2cccnc12. The van der Waals surface area contributed by atoms with E-state index in [2.05, 4.69) is 20.3 Å². The van der Waals surface area contributed by atoms with E-state index in [1.54, 1.807) is 19.4 Å². The van der Waals surface area contributed by atoms with Crippen LogP contribution in [0.5, 0.6) is 0 Å². The van der Waals surface area contributed by atoms with Crippen molar-refractivity contribution < 1.29 is 9.84 Å². The zero-order valence-corrected chi connectivity index (χ0v) is 12.1. The second-order valence-corrected chi connectivity index (χ2v) is 5.49. The summed E-state index contributed by atoms with van der Waals surface area (Å²) in [6.07, 6.45) is 2.56. The predicted molar refractivity (Wildman–Crippen MR) is 79.8 cm³/mol. The average molecular weight is 289 g/mol. The Hall–Kier alpha value is -1.99. The molecule has 7 heteroatoms. The number of rotatable bonds is 5. The van der Waals surface area contributed by atoms with Crippen LogP contribution in [0.15, 0.2) is 18.3 Å². The first-order valence-corrected chi connectivity index (χ1v) is 6.90. The number of pyridine rings is 1. The largest absolute Gasteiger partial charge is 0.394 e. The topological polar surface area (TPSA) is 106 Å². The predicted octanol–water partition coefficient (Wildman–Crippen LogP) is 0.805. The van der Waals surface area contributed by atoms with Crippen LogP contribution in [0.3, 0.4) is 0 Å². The summed E-state index contributed by atoms with van der Waals surface area (Å²) >= 11 is 0. The van der Waals surface area contributed by atoms with Gasteiger partial charge in [0.05, 0.1) is 23.8 Å². The molecular formula is C14H19N5O2. The molecule has 1 saturated carbocycles. The van der Waals surface area contributed by atoms with Crippen LogP contribution in [0.2, 0.25) is 0 Å². The van der Waals surface area contributed by atoms with Crippen LogP contribution in [0.1, 0.15) is 13.3 Å². The highest BCUT2D eigenvalue weighted by Gasteiger charge is 2.57. The highest BCUT2D eigenvalue weighted by molar-refractivity contribution is 5.86. The number of nitrogen functional groups attached to an aromatic ring is 1. The van der Waals surface area contributed by atoms with Crippen LogP contribution in [0.4, 0.5) is 11.8 Å². The zero-order chi connectivity index (χ0) is 15.0. The summed E-state index contributed by atoms with van der Waals surface area (Å²) in [4.78, 5) is 12.7. The van der Waals surface area contributed by atoms with Gasteiger partial charge >= 0.3 is 0 Å². The van der Waals surface area contributed by atoms with E-state index in [1.807, 2.05) is 13.0 Å². The van der Waals surface area contributed by atoms with Gasteiger partial charge in [-0.15, -0.1) is 0 Å². The van der Waals surface area contributed by atoms with Gasteiger partial charge in [0, 0.05) is 19.2 Å². The van der Waals surface area contributed by atoms with Gasteiger partial charge in [0.25, 0.3) is 0 Å². The second kappa shape index (κ2) is 5.09. The molecule has 0 radical (unpaired) electrons. The maximum absolute atomic E-state index is 9.76. The first kappa shape index (κ1) is 14.0. The van der Waals surface area contributed by atoms with Crippen molar-refractivity contribution >= 4 is 22.8 Å². The van der Waals surface area contributed by atoms with Gasteiger partial charge in [-0.1, -0.05) is 0 Å². The summed E-state index contributed by atoms with van der Waals surface area (Å²) < 4.78 is 5.36. The van der Waals surface area contributed by atoms with Gasteiger partial charge in [-0.2, -0.15) is 4.98 Å². The smallest absolute Gasteiger partial charge is 0.222 e. The monoisotopic (exact) mass is 289 g/mol. The summed E-state index contributed by atoms with van der Waals surface area (Å²) in [6, 6.07) is 3.63. The van der Waals surface area contributed by atoms with Crippen molar-refractivity contribution in [1.82, 2.24) is 15.0 Å². The number of ether oxygens (including phenoxy) is 1. The Morgan fingerprint density at radius 2 is 2.38 bits per heavy atom.